The van der Waals surface area contributed by atoms with Crippen LogP contribution in [0.5, 0.6) is 0 Å². The van der Waals surface area contributed by atoms with E-state index < -0.39 is 0 Å². The molecule has 0 fully saturated rings. The number of rotatable bonds is 2. The molecule has 0 radical (unpaired) electrons. The van der Waals surface area contributed by atoms with Gasteiger partial charge in [0.15, 0.2) is 5.78 Å². The standard InChI is InChI=1S/C15H12O/c1-2-3-11-15(16)14-10-6-8-12-7-4-5-9-13(12)14/h4-10H,11H2,1H3. The summed E-state index contributed by atoms with van der Waals surface area (Å²) in [5, 5.41) is 2.10. The zero-order chi connectivity index (χ0) is 11.4. The van der Waals surface area contributed by atoms with Crippen molar-refractivity contribution in [3.05, 3.63) is 48.0 Å². The molecule has 0 aliphatic rings. The first-order valence-corrected chi connectivity index (χ1v) is 5.23. The van der Waals surface area contributed by atoms with E-state index in [1.807, 2.05) is 42.5 Å². The summed E-state index contributed by atoms with van der Waals surface area (Å²) >= 11 is 0. The molecule has 0 atom stereocenters. The summed E-state index contributed by atoms with van der Waals surface area (Å²) < 4.78 is 0. The predicted octanol–water partition coefficient (Wildman–Crippen LogP) is 3.44. The smallest absolute Gasteiger partial charge is 0.175 e. The molecule has 2 rings (SSSR count). The molecule has 0 aromatic heterocycles. The quantitative estimate of drug-likeness (QED) is 0.545. The molecule has 0 unspecified atom stereocenters. The highest BCUT2D eigenvalue weighted by atomic mass is 16.1. The minimum Gasteiger partial charge on any atom is -0.293 e. The van der Waals surface area contributed by atoms with Gasteiger partial charge in [0.25, 0.3) is 0 Å². The van der Waals surface area contributed by atoms with Crippen molar-refractivity contribution in [1.82, 2.24) is 0 Å². The third kappa shape index (κ3) is 1.97. The van der Waals surface area contributed by atoms with Gasteiger partial charge in [-0.05, 0) is 17.7 Å². The average molecular weight is 208 g/mol. The van der Waals surface area contributed by atoms with Crippen molar-refractivity contribution >= 4 is 16.6 Å². The second kappa shape index (κ2) is 4.63. The van der Waals surface area contributed by atoms with Gasteiger partial charge in [-0.2, -0.15) is 0 Å². The van der Waals surface area contributed by atoms with E-state index in [4.69, 9.17) is 0 Å². The van der Waals surface area contributed by atoms with E-state index in [-0.39, 0.29) is 5.78 Å². The Kier molecular flexibility index (Phi) is 3.03. The van der Waals surface area contributed by atoms with Crippen molar-refractivity contribution in [2.45, 2.75) is 13.3 Å². The van der Waals surface area contributed by atoms with Gasteiger partial charge in [0.2, 0.25) is 0 Å². The van der Waals surface area contributed by atoms with Crippen molar-refractivity contribution in [2.75, 3.05) is 0 Å². The van der Waals surface area contributed by atoms with Crippen molar-refractivity contribution < 1.29 is 4.79 Å². The Hall–Kier alpha value is -2.07. The molecule has 0 amide bonds. The number of carbonyl (C=O) groups excluding carboxylic acids is 1. The molecule has 1 heteroatoms. The highest BCUT2D eigenvalue weighted by Crippen LogP contribution is 2.19. The zero-order valence-corrected chi connectivity index (χ0v) is 9.16. The molecular weight excluding hydrogens is 196 g/mol. The van der Waals surface area contributed by atoms with E-state index in [1.54, 1.807) is 6.92 Å². The third-order valence-electron chi connectivity index (χ3n) is 2.52. The summed E-state index contributed by atoms with van der Waals surface area (Å²) in [4.78, 5) is 11.9. The molecule has 0 heterocycles. The first kappa shape index (κ1) is 10.4. The van der Waals surface area contributed by atoms with Crippen LogP contribution in [0.4, 0.5) is 0 Å². The maximum atomic E-state index is 11.9. The molecule has 78 valence electrons. The minimum atomic E-state index is 0.0890. The molecule has 0 aliphatic carbocycles. The molecule has 1 nitrogen and oxygen atoms in total. The fourth-order valence-electron chi connectivity index (χ4n) is 1.73. The first-order valence-electron chi connectivity index (χ1n) is 5.23. The Morgan fingerprint density at radius 2 is 1.88 bits per heavy atom. The Morgan fingerprint density at radius 1 is 1.12 bits per heavy atom. The van der Waals surface area contributed by atoms with Crippen LogP contribution in [0.3, 0.4) is 0 Å². The molecule has 0 saturated carbocycles. The minimum absolute atomic E-state index is 0.0890. The van der Waals surface area contributed by atoms with Gasteiger partial charge in [-0.25, -0.2) is 0 Å². The Labute approximate surface area is 95.1 Å². The lowest BCUT2D eigenvalue weighted by atomic mass is 10.0. The molecule has 0 bridgehead atoms. The fourth-order valence-corrected chi connectivity index (χ4v) is 1.73. The number of carbonyl (C=O) groups is 1. The summed E-state index contributed by atoms with van der Waals surface area (Å²) in [6.07, 6.45) is 0.296. The highest BCUT2D eigenvalue weighted by Gasteiger charge is 2.07. The van der Waals surface area contributed by atoms with E-state index in [2.05, 4.69) is 11.8 Å². The van der Waals surface area contributed by atoms with Gasteiger partial charge in [0, 0.05) is 5.56 Å². The van der Waals surface area contributed by atoms with Gasteiger partial charge in [-0.15, -0.1) is 5.92 Å². The van der Waals surface area contributed by atoms with Crippen LogP contribution in [0, 0.1) is 11.8 Å². The van der Waals surface area contributed by atoms with Crippen molar-refractivity contribution in [3.8, 4) is 11.8 Å². The Morgan fingerprint density at radius 3 is 2.69 bits per heavy atom. The van der Waals surface area contributed by atoms with E-state index in [9.17, 15) is 4.79 Å². The van der Waals surface area contributed by atoms with Gasteiger partial charge in [0.1, 0.15) is 0 Å². The van der Waals surface area contributed by atoms with Crippen LogP contribution in [0.2, 0.25) is 0 Å². The summed E-state index contributed by atoms with van der Waals surface area (Å²) in [6, 6.07) is 13.7. The van der Waals surface area contributed by atoms with Crippen LogP contribution in [0.15, 0.2) is 42.5 Å². The highest BCUT2D eigenvalue weighted by molar-refractivity contribution is 6.08. The van der Waals surface area contributed by atoms with Gasteiger partial charge in [-0.3, -0.25) is 4.79 Å². The Balaban J connectivity index is 2.50. The molecule has 0 aliphatic heterocycles. The lowest BCUT2D eigenvalue weighted by molar-refractivity contribution is 0.0999. The normalized spacial score (nSPS) is 9.56. The van der Waals surface area contributed by atoms with Crippen LogP contribution in [-0.4, -0.2) is 5.78 Å². The van der Waals surface area contributed by atoms with E-state index in [0.29, 0.717) is 6.42 Å². The van der Waals surface area contributed by atoms with Gasteiger partial charge in [0.05, 0.1) is 6.42 Å². The number of hydrogen-bond acceptors (Lipinski definition) is 1. The van der Waals surface area contributed by atoms with Crippen LogP contribution in [0.25, 0.3) is 10.8 Å². The molecule has 0 spiro atoms. The van der Waals surface area contributed by atoms with Gasteiger partial charge >= 0.3 is 0 Å². The number of fused-ring (bicyclic) bond motifs is 1. The molecular formula is C15H12O. The number of hydrogen-bond donors (Lipinski definition) is 0. The topological polar surface area (TPSA) is 17.1 Å². The molecule has 0 N–H and O–H groups in total. The maximum Gasteiger partial charge on any atom is 0.175 e. The number of ketones is 1. The second-order valence-corrected chi connectivity index (χ2v) is 3.55. The average Bonchev–Trinajstić information content (AvgIpc) is 2.35. The van der Waals surface area contributed by atoms with E-state index >= 15 is 0 Å². The van der Waals surface area contributed by atoms with Crippen molar-refractivity contribution in [1.29, 1.82) is 0 Å². The zero-order valence-electron chi connectivity index (χ0n) is 9.16. The predicted molar refractivity (Wildman–Crippen MR) is 66.3 cm³/mol. The van der Waals surface area contributed by atoms with Gasteiger partial charge in [-0.1, -0.05) is 48.4 Å². The summed E-state index contributed by atoms with van der Waals surface area (Å²) in [6.45, 7) is 1.75. The van der Waals surface area contributed by atoms with E-state index in [1.165, 1.54) is 0 Å². The summed E-state index contributed by atoms with van der Waals surface area (Å²) in [7, 11) is 0. The lowest BCUT2D eigenvalue weighted by Crippen LogP contribution is -1.98. The number of Topliss-reactive ketones (excluding diaryl/α,β-unsaturated/α-hetero) is 1. The SMILES string of the molecule is CC#CCC(=O)c1cccc2ccccc12. The fraction of sp³-hybridized carbons (Fsp3) is 0.133. The monoisotopic (exact) mass is 208 g/mol. The maximum absolute atomic E-state index is 11.9. The number of benzene rings is 2. The van der Waals surface area contributed by atoms with Crippen LogP contribution in [0.1, 0.15) is 23.7 Å². The summed E-state index contributed by atoms with van der Waals surface area (Å²) in [5.74, 6) is 5.65. The molecule has 2 aromatic rings. The van der Waals surface area contributed by atoms with Gasteiger partial charge < -0.3 is 0 Å². The molecule has 16 heavy (non-hydrogen) atoms. The Bertz CT molecular complexity index is 580. The van der Waals surface area contributed by atoms with Crippen LogP contribution >= 0.6 is 0 Å². The van der Waals surface area contributed by atoms with Crippen molar-refractivity contribution in [3.63, 3.8) is 0 Å². The first-order chi connectivity index (χ1) is 7.83. The lowest BCUT2D eigenvalue weighted by Gasteiger charge is -2.03. The van der Waals surface area contributed by atoms with Crippen molar-refractivity contribution in [2.24, 2.45) is 0 Å². The molecule has 2 aromatic carbocycles. The second-order valence-electron chi connectivity index (χ2n) is 3.55. The largest absolute Gasteiger partial charge is 0.293 e. The summed E-state index contributed by atoms with van der Waals surface area (Å²) in [5.41, 5.74) is 0.765. The molecule has 0 saturated heterocycles. The van der Waals surface area contributed by atoms with Crippen LogP contribution in [-0.2, 0) is 0 Å². The third-order valence-corrected chi connectivity index (χ3v) is 2.52. The van der Waals surface area contributed by atoms with Crippen LogP contribution < -0.4 is 0 Å². The van der Waals surface area contributed by atoms with E-state index in [0.717, 1.165) is 16.3 Å².